The Morgan fingerprint density at radius 3 is 2.53 bits per heavy atom. The number of fused-ring (bicyclic) bond motifs is 1. The molecule has 0 saturated heterocycles. The first-order valence-electron chi connectivity index (χ1n) is 4.57. The van der Waals surface area contributed by atoms with Crippen molar-refractivity contribution in [3.8, 4) is 0 Å². The molecule has 2 rings (SSSR count). The monoisotopic (exact) mass is 267 g/mol. The van der Waals surface area contributed by atoms with E-state index in [9.17, 15) is 13.2 Å². The summed E-state index contributed by atoms with van der Waals surface area (Å²) in [4.78, 5) is 9.96. The highest BCUT2D eigenvalue weighted by Crippen LogP contribution is 2.31. The third kappa shape index (κ3) is 2.08. The summed E-state index contributed by atoms with van der Waals surface area (Å²) in [6.07, 6.45) is 1.03. The molecule has 0 aliphatic heterocycles. The van der Waals surface area contributed by atoms with Gasteiger partial charge in [0.05, 0.1) is 5.02 Å². The normalized spacial score (nSPS) is 11.1. The zero-order valence-electron chi connectivity index (χ0n) is 8.42. The molecule has 0 aliphatic carbocycles. The fourth-order valence-corrected chi connectivity index (χ4v) is 3.00. The lowest BCUT2D eigenvalue weighted by Crippen LogP contribution is -1.98. The average Bonchev–Trinajstić information content (AvgIpc) is 2.28. The van der Waals surface area contributed by atoms with E-state index in [0.717, 1.165) is 6.08 Å². The van der Waals surface area contributed by atoms with Crippen molar-refractivity contribution in [1.82, 2.24) is 0 Å². The maximum atomic E-state index is 11.8. The van der Waals surface area contributed by atoms with Crippen molar-refractivity contribution in [3.63, 3.8) is 0 Å². The van der Waals surface area contributed by atoms with Crippen molar-refractivity contribution >= 4 is 38.5 Å². The van der Waals surface area contributed by atoms with Crippen molar-refractivity contribution in [1.29, 1.82) is 0 Å². The van der Waals surface area contributed by atoms with Crippen molar-refractivity contribution in [2.45, 2.75) is 4.90 Å². The van der Waals surface area contributed by atoms with Gasteiger partial charge in [-0.05, 0) is 11.5 Å². The fraction of sp³-hybridized carbons (Fsp3) is 0. The Balaban J connectivity index is 2.94. The van der Waals surface area contributed by atoms with Crippen molar-refractivity contribution in [3.05, 3.63) is 41.4 Å². The minimum absolute atomic E-state index is 0.0303. The molecule has 0 N–H and O–H groups in total. The minimum Gasteiger partial charge on any atom is -0.210 e. The third-order valence-corrected chi connectivity index (χ3v) is 3.94. The number of hydrogen-bond donors (Lipinski definition) is 0. The molecule has 2 aromatic carbocycles. The van der Waals surface area contributed by atoms with E-state index in [2.05, 4.69) is 4.40 Å². The molecule has 0 aromatic heterocycles. The Labute approximate surface area is 103 Å². The summed E-state index contributed by atoms with van der Waals surface area (Å²) in [6.45, 7) is 0. The molecule has 0 unspecified atom stereocenters. The summed E-state index contributed by atoms with van der Waals surface area (Å²) in [5, 5.41) is 1.17. The van der Waals surface area contributed by atoms with Gasteiger partial charge in [-0.2, -0.15) is 8.42 Å². The molecular formula is C11H6ClNO3S. The molecule has 0 saturated carbocycles. The Hall–Kier alpha value is -1.68. The van der Waals surface area contributed by atoms with Gasteiger partial charge in [-0.25, -0.2) is 4.79 Å². The van der Waals surface area contributed by atoms with E-state index in [1.54, 1.807) is 30.3 Å². The predicted octanol–water partition coefficient (Wildman–Crippen LogP) is 2.52. The van der Waals surface area contributed by atoms with Crippen molar-refractivity contribution in [2.75, 3.05) is 0 Å². The molecule has 0 fully saturated rings. The summed E-state index contributed by atoms with van der Waals surface area (Å²) in [5.74, 6) is 0. The Morgan fingerprint density at radius 2 is 1.82 bits per heavy atom. The Morgan fingerprint density at radius 1 is 1.12 bits per heavy atom. The number of carbonyl (C=O) groups excluding carboxylic acids is 1. The highest BCUT2D eigenvalue weighted by molar-refractivity contribution is 7.90. The molecule has 0 spiro atoms. The van der Waals surface area contributed by atoms with Gasteiger partial charge in [0.2, 0.25) is 0 Å². The lowest BCUT2D eigenvalue weighted by Gasteiger charge is -2.05. The van der Waals surface area contributed by atoms with Gasteiger partial charge in [-0.3, -0.25) is 0 Å². The van der Waals surface area contributed by atoms with E-state index in [-0.39, 0.29) is 9.92 Å². The molecular weight excluding hydrogens is 262 g/mol. The molecule has 0 aliphatic rings. The second-order valence-corrected chi connectivity index (χ2v) is 5.20. The summed E-state index contributed by atoms with van der Waals surface area (Å²) in [5.41, 5.74) is 0. The van der Waals surface area contributed by atoms with Gasteiger partial charge < -0.3 is 0 Å². The number of nitrogens with zero attached hydrogens (tertiary/aromatic N) is 1. The molecule has 6 heteroatoms. The van der Waals surface area contributed by atoms with Gasteiger partial charge in [0.1, 0.15) is 4.90 Å². The number of isocyanates is 1. The highest BCUT2D eigenvalue weighted by atomic mass is 35.5. The van der Waals surface area contributed by atoms with E-state index in [0.29, 0.717) is 10.8 Å². The van der Waals surface area contributed by atoms with Gasteiger partial charge in [-0.15, -0.1) is 0 Å². The van der Waals surface area contributed by atoms with Gasteiger partial charge in [0.25, 0.3) is 16.1 Å². The van der Waals surface area contributed by atoms with Crippen molar-refractivity contribution in [2.24, 2.45) is 4.40 Å². The van der Waals surface area contributed by atoms with E-state index >= 15 is 0 Å². The largest absolute Gasteiger partial charge is 0.294 e. The highest BCUT2D eigenvalue weighted by Gasteiger charge is 2.20. The molecule has 0 atom stereocenters. The van der Waals surface area contributed by atoms with Crippen LogP contribution in [0.4, 0.5) is 0 Å². The van der Waals surface area contributed by atoms with Crippen LogP contribution in [0, 0.1) is 0 Å². The number of benzene rings is 2. The molecule has 4 nitrogen and oxygen atoms in total. The lowest BCUT2D eigenvalue weighted by atomic mass is 10.1. The predicted molar refractivity (Wildman–Crippen MR) is 64.3 cm³/mol. The van der Waals surface area contributed by atoms with Crippen LogP contribution in [0.2, 0.25) is 5.02 Å². The molecule has 0 amide bonds. The standard InChI is InChI=1S/C11H6ClNO3S/c12-10-6-5-8-3-1-2-4-9(8)11(10)17(15,16)13-7-14/h1-6H. The maximum Gasteiger partial charge on any atom is 0.294 e. The smallest absolute Gasteiger partial charge is 0.210 e. The first-order chi connectivity index (χ1) is 8.06. The van der Waals surface area contributed by atoms with E-state index in [1.807, 2.05) is 0 Å². The number of hydrogen-bond acceptors (Lipinski definition) is 3. The first-order valence-corrected chi connectivity index (χ1v) is 6.39. The van der Waals surface area contributed by atoms with Crippen LogP contribution in [0.1, 0.15) is 0 Å². The zero-order chi connectivity index (χ0) is 12.5. The summed E-state index contributed by atoms with van der Waals surface area (Å²) in [7, 11) is -4.10. The van der Waals surface area contributed by atoms with Crippen LogP contribution in [-0.2, 0) is 14.8 Å². The lowest BCUT2D eigenvalue weighted by molar-refractivity contribution is 0.563. The van der Waals surface area contributed by atoms with Crippen LogP contribution in [-0.4, -0.2) is 14.5 Å². The topological polar surface area (TPSA) is 63.6 Å². The van der Waals surface area contributed by atoms with Gasteiger partial charge in [0, 0.05) is 5.39 Å². The number of rotatable bonds is 2. The van der Waals surface area contributed by atoms with Crippen LogP contribution < -0.4 is 0 Å². The van der Waals surface area contributed by atoms with Crippen LogP contribution in [0.3, 0.4) is 0 Å². The van der Waals surface area contributed by atoms with E-state index in [1.165, 1.54) is 6.07 Å². The summed E-state index contributed by atoms with van der Waals surface area (Å²) < 4.78 is 26.3. The fourth-order valence-electron chi connectivity index (χ4n) is 1.57. The molecule has 17 heavy (non-hydrogen) atoms. The van der Waals surface area contributed by atoms with Crippen LogP contribution in [0.25, 0.3) is 10.8 Å². The zero-order valence-corrected chi connectivity index (χ0v) is 9.99. The van der Waals surface area contributed by atoms with E-state index < -0.39 is 10.0 Å². The quantitative estimate of drug-likeness (QED) is 0.620. The maximum absolute atomic E-state index is 11.8. The van der Waals surface area contributed by atoms with Gasteiger partial charge >= 0.3 is 0 Å². The van der Waals surface area contributed by atoms with Crippen LogP contribution in [0.15, 0.2) is 45.7 Å². The SMILES string of the molecule is O=C=NS(=O)(=O)c1c(Cl)ccc2ccccc12. The number of sulfonamides is 1. The van der Waals surface area contributed by atoms with E-state index in [4.69, 9.17) is 11.6 Å². The molecule has 0 radical (unpaired) electrons. The second-order valence-electron chi connectivity index (χ2n) is 3.26. The van der Waals surface area contributed by atoms with Gasteiger partial charge in [0.15, 0.2) is 0 Å². The van der Waals surface area contributed by atoms with Crippen LogP contribution >= 0.6 is 11.6 Å². The number of halogens is 1. The molecule has 2 aromatic rings. The first kappa shape index (κ1) is 11.8. The minimum atomic E-state index is -4.10. The van der Waals surface area contributed by atoms with Crippen LogP contribution in [0.5, 0.6) is 0 Å². The summed E-state index contributed by atoms with van der Waals surface area (Å²) in [6, 6.07) is 9.96. The average molecular weight is 268 g/mol. The summed E-state index contributed by atoms with van der Waals surface area (Å²) >= 11 is 5.85. The molecule has 0 bridgehead atoms. The Kier molecular flexibility index (Phi) is 2.98. The molecule has 86 valence electrons. The van der Waals surface area contributed by atoms with Gasteiger partial charge in [-0.1, -0.05) is 46.3 Å². The second kappa shape index (κ2) is 4.30. The Bertz CT molecular complexity index is 733. The van der Waals surface area contributed by atoms with Crippen molar-refractivity contribution < 1.29 is 13.2 Å². The third-order valence-electron chi connectivity index (χ3n) is 2.25. The molecule has 0 heterocycles.